The van der Waals surface area contributed by atoms with E-state index >= 15 is 0 Å². The Hall–Kier alpha value is -4.53. The van der Waals surface area contributed by atoms with E-state index in [4.69, 9.17) is 5.73 Å². The number of carbonyl (C=O) groups is 2. The quantitative estimate of drug-likeness (QED) is 0.368. The van der Waals surface area contributed by atoms with Crippen LogP contribution in [0, 0.1) is 10.1 Å². The molecule has 4 aromatic rings. The number of hydrogen-bond acceptors (Lipinski definition) is 5. The molecule has 0 saturated carbocycles. The Balaban J connectivity index is 1.55. The van der Waals surface area contributed by atoms with Crippen LogP contribution in [-0.4, -0.2) is 26.5 Å². The summed E-state index contributed by atoms with van der Waals surface area (Å²) in [5.41, 5.74) is 8.07. The van der Waals surface area contributed by atoms with E-state index in [1.807, 2.05) is 24.3 Å². The second-order valence-electron chi connectivity index (χ2n) is 6.85. The van der Waals surface area contributed by atoms with Crippen LogP contribution < -0.4 is 11.1 Å². The van der Waals surface area contributed by atoms with Gasteiger partial charge in [-0.15, -0.1) is 0 Å². The standard InChI is InChI=1S/C22H17N5O4/c23-21(28)20-18-6-1-2-7-19(18)26(25-20)13-14-4-3-5-16(12-14)24-22(29)15-8-10-17(11-9-15)27(30)31/h1-12H,13H2,(H2,23,28)(H,24,29). The molecular weight excluding hydrogens is 398 g/mol. The summed E-state index contributed by atoms with van der Waals surface area (Å²) < 4.78 is 1.69. The van der Waals surface area contributed by atoms with Crippen LogP contribution >= 0.6 is 0 Å². The van der Waals surface area contributed by atoms with Gasteiger partial charge in [-0.25, -0.2) is 0 Å². The number of hydrogen-bond donors (Lipinski definition) is 2. The summed E-state index contributed by atoms with van der Waals surface area (Å²) in [4.78, 5) is 34.4. The molecule has 0 aliphatic heterocycles. The highest BCUT2D eigenvalue weighted by molar-refractivity contribution is 6.05. The van der Waals surface area contributed by atoms with Gasteiger partial charge in [0, 0.05) is 28.8 Å². The molecule has 9 heteroatoms. The first-order chi connectivity index (χ1) is 14.9. The summed E-state index contributed by atoms with van der Waals surface area (Å²) in [6.45, 7) is 0.370. The third-order valence-corrected chi connectivity index (χ3v) is 4.75. The van der Waals surface area contributed by atoms with Gasteiger partial charge < -0.3 is 11.1 Å². The van der Waals surface area contributed by atoms with E-state index in [0.29, 0.717) is 23.2 Å². The summed E-state index contributed by atoms with van der Waals surface area (Å²) in [7, 11) is 0. The smallest absolute Gasteiger partial charge is 0.269 e. The molecule has 0 radical (unpaired) electrons. The lowest BCUT2D eigenvalue weighted by molar-refractivity contribution is -0.384. The number of nitrogens with zero attached hydrogens (tertiary/aromatic N) is 3. The fourth-order valence-corrected chi connectivity index (χ4v) is 3.29. The van der Waals surface area contributed by atoms with Crippen LogP contribution in [0.4, 0.5) is 11.4 Å². The number of anilines is 1. The SMILES string of the molecule is NC(=O)c1nn(Cc2cccc(NC(=O)c3ccc([N+](=O)[O-])cc3)c2)c2ccccc12. The average molecular weight is 415 g/mol. The van der Waals surface area contributed by atoms with Gasteiger partial charge in [0.2, 0.25) is 0 Å². The lowest BCUT2D eigenvalue weighted by Crippen LogP contribution is -2.13. The predicted octanol–water partition coefficient (Wildman–Crippen LogP) is 3.34. The third-order valence-electron chi connectivity index (χ3n) is 4.75. The van der Waals surface area contributed by atoms with Gasteiger partial charge in [-0.3, -0.25) is 24.4 Å². The second-order valence-corrected chi connectivity index (χ2v) is 6.85. The van der Waals surface area contributed by atoms with Crippen LogP contribution in [0.15, 0.2) is 72.8 Å². The zero-order valence-electron chi connectivity index (χ0n) is 16.2. The number of nitro groups is 1. The molecule has 1 heterocycles. The molecule has 0 bridgehead atoms. The molecule has 4 rings (SSSR count). The van der Waals surface area contributed by atoms with Crippen LogP contribution in [0.3, 0.4) is 0 Å². The summed E-state index contributed by atoms with van der Waals surface area (Å²) in [5, 5.41) is 18.6. The van der Waals surface area contributed by atoms with Crippen molar-refractivity contribution in [3.63, 3.8) is 0 Å². The van der Waals surface area contributed by atoms with Gasteiger partial charge >= 0.3 is 0 Å². The van der Waals surface area contributed by atoms with E-state index in [0.717, 1.165) is 11.1 Å². The van der Waals surface area contributed by atoms with Crippen molar-refractivity contribution in [3.05, 3.63) is 99.7 Å². The Kier molecular flexibility index (Phi) is 5.15. The van der Waals surface area contributed by atoms with E-state index < -0.39 is 10.8 Å². The molecule has 0 saturated heterocycles. The highest BCUT2D eigenvalue weighted by atomic mass is 16.6. The lowest BCUT2D eigenvalue weighted by Gasteiger charge is -2.09. The van der Waals surface area contributed by atoms with Crippen molar-refractivity contribution >= 4 is 34.1 Å². The van der Waals surface area contributed by atoms with Crippen LogP contribution in [0.2, 0.25) is 0 Å². The molecule has 3 aromatic carbocycles. The number of nitrogens with two attached hydrogens (primary N) is 1. The summed E-state index contributed by atoms with van der Waals surface area (Å²) >= 11 is 0. The zero-order valence-corrected chi connectivity index (χ0v) is 16.2. The summed E-state index contributed by atoms with van der Waals surface area (Å²) in [5.74, 6) is -0.980. The Morgan fingerprint density at radius 3 is 2.48 bits per heavy atom. The van der Waals surface area contributed by atoms with E-state index in [1.165, 1.54) is 24.3 Å². The van der Waals surface area contributed by atoms with Crippen molar-refractivity contribution < 1.29 is 14.5 Å². The van der Waals surface area contributed by atoms with Crippen LogP contribution in [0.25, 0.3) is 10.9 Å². The van der Waals surface area contributed by atoms with Crippen molar-refractivity contribution in [2.45, 2.75) is 6.54 Å². The number of amides is 2. The number of nitrogens with one attached hydrogen (secondary N) is 1. The number of non-ortho nitro benzene ring substituents is 1. The maximum absolute atomic E-state index is 12.5. The number of nitro benzene ring substituents is 1. The van der Waals surface area contributed by atoms with Gasteiger partial charge in [-0.05, 0) is 35.9 Å². The molecule has 9 nitrogen and oxygen atoms in total. The van der Waals surface area contributed by atoms with Crippen molar-refractivity contribution in [2.24, 2.45) is 5.73 Å². The third kappa shape index (κ3) is 4.10. The Morgan fingerprint density at radius 2 is 1.77 bits per heavy atom. The molecular formula is C22H17N5O4. The van der Waals surface area contributed by atoms with Crippen LogP contribution in [0.1, 0.15) is 26.4 Å². The first-order valence-electron chi connectivity index (χ1n) is 9.32. The maximum Gasteiger partial charge on any atom is 0.269 e. The van der Waals surface area contributed by atoms with E-state index in [1.54, 1.807) is 28.9 Å². The van der Waals surface area contributed by atoms with Gasteiger partial charge in [0.15, 0.2) is 5.69 Å². The molecule has 2 amide bonds. The predicted molar refractivity (Wildman–Crippen MR) is 115 cm³/mol. The number of rotatable bonds is 6. The molecule has 0 spiro atoms. The fourth-order valence-electron chi connectivity index (χ4n) is 3.29. The van der Waals surface area contributed by atoms with Crippen molar-refractivity contribution in [2.75, 3.05) is 5.32 Å². The maximum atomic E-state index is 12.5. The molecule has 154 valence electrons. The zero-order chi connectivity index (χ0) is 22.0. The van der Waals surface area contributed by atoms with E-state index in [9.17, 15) is 19.7 Å². The van der Waals surface area contributed by atoms with E-state index in [2.05, 4.69) is 10.4 Å². The number of para-hydroxylation sites is 1. The molecule has 0 atom stereocenters. The molecule has 1 aromatic heterocycles. The normalized spacial score (nSPS) is 10.7. The number of primary amides is 1. The Morgan fingerprint density at radius 1 is 1.03 bits per heavy atom. The minimum atomic E-state index is -0.598. The molecule has 31 heavy (non-hydrogen) atoms. The van der Waals surface area contributed by atoms with Crippen molar-refractivity contribution in [1.82, 2.24) is 9.78 Å². The number of benzene rings is 3. The molecule has 0 fully saturated rings. The van der Waals surface area contributed by atoms with Gasteiger partial charge in [0.05, 0.1) is 17.0 Å². The largest absolute Gasteiger partial charge is 0.364 e. The minimum absolute atomic E-state index is 0.0830. The molecule has 3 N–H and O–H groups in total. The number of aromatic nitrogens is 2. The fraction of sp³-hybridized carbons (Fsp3) is 0.0455. The Labute approximate surface area is 176 Å². The highest BCUT2D eigenvalue weighted by Gasteiger charge is 2.15. The minimum Gasteiger partial charge on any atom is -0.364 e. The van der Waals surface area contributed by atoms with Crippen molar-refractivity contribution in [3.8, 4) is 0 Å². The molecule has 0 aliphatic rings. The van der Waals surface area contributed by atoms with Crippen LogP contribution in [0.5, 0.6) is 0 Å². The monoisotopic (exact) mass is 415 g/mol. The molecule has 0 aliphatic carbocycles. The van der Waals surface area contributed by atoms with Crippen LogP contribution in [-0.2, 0) is 6.54 Å². The first-order valence-corrected chi connectivity index (χ1v) is 9.32. The first kappa shape index (κ1) is 19.8. The van der Waals surface area contributed by atoms with Gasteiger partial charge in [0.25, 0.3) is 17.5 Å². The van der Waals surface area contributed by atoms with Gasteiger partial charge in [-0.1, -0.05) is 30.3 Å². The average Bonchev–Trinajstić information content (AvgIpc) is 3.13. The topological polar surface area (TPSA) is 133 Å². The summed E-state index contributed by atoms with van der Waals surface area (Å²) in [6.07, 6.45) is 0. The van der Waals surface area contributed by atoms with Crippen molar-refractivity contribution in [1.29, 1.82) is 0 Å². The number of fused-ring (bicyclic) bond motifs is 1. The second kappa shape index (κ2) is 8.07. The Bertz CT molecular complexity index is 1310. The van der Waals surface area contributed by atoms with Gasteiger partial charge in [0.1, 0.15) is 0 Å². The molecule has 0 unspecified atom stereocenters. The van der Waals surface area contributed by atoms with Gasteiger partial charge in [-0.2, -0.15) is 5.10 Å². The van der Waals surface area contributed by atoms with E-state index in [-0.39, 0.29) is 17.3 Å². The highest BCUT2D eigenvalue weighted by Crippen LogP contribution is 2.21. The summed E-state index contributed by atoms with van der Waals surface area (Å²) in [6, 6.07) is 19.9. The lowest BCUT2D eigenvalue weighted by atomic mass is 10.1. The number of carbonyl (C=O) groups excluding carboxylic acids is 2.